The summed E-state index contributed by atoms with van der Waals surface area (Å²) in [5.74, 6) is -1.10. The third-order valence-corrected chi connectivity index (χ3v) is 3.37. The van der Waals surface area contributed by atoms with Crippen molar-refractivity contribution in [2.45, 2.75) is 13.3 Å². The first-order valence-electron chi connectivity index (χ1n) is 5.51. The summed E-state index contributed by atoms with van der Waals surface area (Å²) in [5.41, 5.74) is 0.770. The van der Waals surface area contributed by atoms with E-state index in [0.717, 1.165) is 11.8 Å². The molecule has 6 heteroatoms. The lowest BCUT2D eigenvalue weighted by Crippen LogP contribution is -2.26. The van der Waals surface area contributed by atoms with Gasteiger partial charge in [0, 0.05) is 12.8 Å². The molecule has 1 aromatic carbocycles. The number of nitrogens with one attached hydrogen (secondary N) is 1. The SMILES string of the molecule is Cc1ccc(F)c(C(=O)NCCCS(C)(=O)=O)c1. The van der Waals surface area contributed by atoms with Crippen molar-refractivity contribution in [2.24, 2.45) is 0 Å². The molecule has 0 bridgehead atoms. The first-order valence-corrected chi connectivity index (χ1v) is 7.58. The van der Waals surface area contributed by atoms with E-state index in [2.05, 4.69) is 5.32 Å². The number of carbonyl (C=O) groups excluding carboxylic acids is 1. The van der Waals surface area contributed by atoms with E-state index < -0.39 is 21.6 Å². The van der Waals surface area contributed by atoms with E-state index >= 15 is 0 Å². The summed E-state index contributed by atoms with van der Waals surface area (Å²) in [4.78, 5) is 11.6. The maximum absolute atomic E-state index is 13.4. The van der Waals surface area contributed by atoms with E-state index in [4.69, 9.17) is 0 Å². The fourth-order valence-corrected chi connectivity index (χ4v) is 2.11. The second-order valence-corrected chi connectivity index (χ2v) is 6.48. The molecule has 1 N–H and O–H groups in total. The third-order valence-electron chi connectivity index (χ3n) is 2.34. The van der Waals surface area contributed by atoms with Crippen LogP contribution in [0.5, 0.6) is 0 Å². The van der Waals surface area contributed by atoms with Crippen LogP contribution in [0.4, 0.5) is 4.39 Å². The van der Waals surface area contributed by atoms with Gasteiger partial charge in [0.1, 0.15) is 15.7 Å². The molecule has 0 saturated heterocycles. The smallest absolute Gasteiger partial charge is 0.254 e. The lowest BCUT2D eigenvalue weighted by molar-refractivity contribution is 0.0949. The van der Waals surface area contributed by atoms with Gasteiger partial charge in [-0.3, -0.25) is 4.79 Å². The Morgan fingerprint density at radius 2 is 2.06 bits per heavy atom. The molecule has 0 radical (unpaired) electrons. The molecule has 4 nitrogen and oxygen atoms in total. The molecule has 0 atom stereocenters. The molecule has 0 aliphatic carbocycles. The Hall–Kier alpha value is -1.43. The lowest BCUT2D eigenvalue weighted by Gasteiger charge is -2.06. The minimum Gasteiger partial charge on any atom is -0.352 e. The van der Waals surface area contributed by atoms with Gasteiger partial charge in [0.25, 0.3) is 5.91 Å². The molecular formula is C12H16FNO3S. The van der Waals surface area contributed by atoms with E-state index in [-0.39, 0.29) is 17.9 Å². The first-order chi connectivity index (χ1) is 8.29. The number of hydrogen-bond donors (Lipinski definition) is 1. The van der Waals surface area contributed by atoms with Crippen molar-refractivity contribution in [2.75, 3.05) is 18.6 Å². The Bertz CT molecular complexity index is 540. The molecule has 1 rings (SSSR count). The Balaban J connectivity index is 2.53. The molecule has 18 heavy (non-hydrogen) atoms. The average Bonchev–Trinajstić information content (AvgIpc) is 2.26. The Labute approximate surface area is 106 Å². The van der Waals surface area contributed by atoms with Gasteiger partial charge in [0.05, 0.1) is 11.3 Å². The number of carbonyl (C=O) groups is 1. The standard InChI is InChI=1S/C12H16FNO3S/c1-9-4-5-11(13)10(8-9)12(15)14-6-3-7-18(2,16)17/h4-5,8H,3,6-7H2,1-2H3,(H,14,15). The van der Waals surface area contributed by atoms with Crippen LogP contribution in [0.3, 0.4) is 0 Å². The van der Waals surface area contributed by atoms with Crippen LogP contribution in [0.25, 0.3) is 0 Å². The molecule has 1 amide bonds. The molecule has 1 aromatic rings. The number of aryl methyl sites for hydroxylation is 1. The minimum atomic E-state index is -3.03. The van der Waals surface area contributed by atoms with Crippen LogP contribution in [0.15, 0.2) is 18.2 Å². The van der Waals surface area contributed by atoms with Crippen molar-refractivity contribution in [1.29, 1.82) is 0 Å². The predicted molar refractivity (Wildman–Crippen MR) is 67.8 cm³/mol. The van der Waals surface area contributed by atoms with Crippen molar-refractivity contribution < 1.29 is 17.6 Å². The van der Waals surface area contributed by atoms with Crippen LogP contribution in [-0.4, -0.2) is 32.9 Å². The van der Waals surface area contributed by atoms with Crippen LogP contribution in [0.1, 0.15) is 22.3 Å². The molecular weight excluding hydrogens is 257 g/mol. The number of amides is 1. The average molecular weight is 273 g/mol. The monoisotopic (exact) mass is 273 g/mol. The maximum Gasteiger partial charge on any atom is 0.254 e. The van der Waals surface area contributed by atoms with Crippen molar-refractivity contribution in [3.8, 4) is 0 Å². The Kier molecular flexibility index (Phi) is 4.84. The largest absolute Gasteiger partial charge is 0.352 e. The Morgan fingerprint density at radius 3 is 2.67 bits per heavy atom. The zero-order valence-corrected chi connectivity index (χ0v) is 11.2. The molecule has 0 fully saturated rings. The highest BCUT2D eigenvalue weighted by Crippen LogP contribution is 2.09. The van der Waals surface area contributed by atoms with E-state index in [1.54, 1.807) is 13.0 Å². The van der Waals surface area contributed by atoms with Gasteiger partial charge in [-0.05, 0) is 25.5 Å². The quantitative estimate of drug-likeness (QED) is 0.822. The molecule has 0 aliphatic heterocycles. The predicted octanol–water partition coefficient (Wildman–Crippen LogP) is 1.30. The van der Waals surface area contributed by atoms with Crippen molar-refractivity contribution in [3.05, 3.63) is 35.1 Å². The molecule has 0 aliphatic rings. The molecule has 0 spiro atoms. The van der Waals surface area contributed by atoms with Crippen LogP contribution in [0, 0.1) is 12.7 Å². The summed E-state index contributed by atoms with van der Waals surface area (Å²) >= 11 is 0. The number of rotatable bonds is 5. The highest BCUT2D eigenvalue weighted by molar-refractivity contribution is 7.90. The summed E-state index contributed by atoms with van der Waals surface area (Å²) in [6.45, 7) is 1.97. The fraction of sp³-hybridized carbons (Fsp3) is 0.417. The van der Waals surface area contributed by atoms with Gasteiger partial charge in [-0.15, -0.1) is 0 Å². The van der Waals surface area contributed by atoms with Crippen LogP contribution < -0.4 is 5.32 Å². The maximum atomic E-state index is 13.4. The molecule has 0 saturated carbocycles. The summed E-state index contributed by atoms with van der Waals surface area (Å²) < 4.78 is 35.1. The number of sulfone groups is 1. The number of halogens is 1. The van der Waals surface area contributed by atoms with E-state index in [1.165, 1.54) is 12.1 Å². The van der Waals surface area contributed by atoms with E-state index in [9.17, 15) is 17.6 Å². The van der Waals surface area contributed by atoms with Gasteiger partial charge in [-0.1, -0.05) is 11.6 Å². The second-order valence-electron chi connectivity index (χ2n) is 4.22. The molecule has 0 unspecified atom stereocenters. The van der Waals surface area contributed by atoms with Crippen molar-refractivity contribution >= 4 is 15.7 Å². The summed E-state index contributed by atoms with van der Waals surface area (Å²) in [6, 6.07) is 4.28. The van der Waals surface area contributed by atoms with Crippen molar-refractivity contribution in [1.82, 2.24) is 5.32 Å². The second kappa shape index (κ2) is 5.95. The van der Waals surface area contributed by atoms with E-state index in [0.29, 0.717) is 6.42 Å². The van der Waals surface area contributed by atoms with Gasteiger partial charge in [-0.25, -0.2) is 12.8 Å². The zero-order chi connectivity index (χ0) is 13.8. The minimum absolute atomic E-state index is 0.00355. The fourth-order valence-electron chi connectivity index (χ4n) is 1.44. The molecule has 100 valence electrons. The highest BCUT2D eigenvalue weighted by atomic mass is 32.2. The number of hydrogen-bond acceptors (Lipinski definition) is 3. The van der Waals surface area contributed by atoms with Gasteiger partial charge >= 0.3 is 0 Å². The van der Waals surface area contributed by atoms with Crippen LogP contribution >= 0.6 is 0 Å². The first kappa shape index (κ1) is 14.6. The highest BCUT2D eigenvalue weighted by Gasteiger charge is 2.11. The van der Waals surface area contributed by atoms with Gasteiger partial charge in [-0.2, -0.15) is 0 Å². The van der Waals surface area contributed by atoms with Gasteiger partial charge < -0.3 is 5.32 Å². The van der Waals surface area contributed by atoms with Crippen LogP contribution in [-0.2, 0) is 9.84 Å². The molecule has 0 heterocycles. The van der Waals surface area contributed by atoms with Gasteiger partial charge in [0.2, 0.25) is 0 Å². The lowest BCUT2D eigenvalue weighted by atomic mass is 10.1. The third kappa shape index (κ3) is 4.83. The van der Waals surface area contributed by atoms with Crippen LogP contribution in [0.2, 0.25) is 0 Å². The van der Waals surface area contributed by atoms with Gasteiger partial charge in [0.15, 0.2) is 0 Å². The summed E-state index contributed by atoms with van der Waals surface area (Å²) in [6.07, 6.45) is 1.45. The zero-order valence-electron chi connectivity index (χ0n) is 10.4. The normalized spacial score (nSPS) is 11.3. The Morgan fingerprint density at radius 1 is 1.39 bits per heavy atom. The number of benzene rings is 1. The summed E-state index contributed by atoms with van der Waals surface area (Å²) in [7, 11) is -3.03. The van der Waals surface area contributed by atoms with Crippen molar-refractivity contribution in [3.63, 3.8) is 0 Å². The molecule has 0 aromatic heterocycles. The topological polar surface area (TPSA) is 63.2 Å². The van der Waals surface area contributed by atoms with E-state index in [1.807, 2.05) is 0 Å². The summed E-state index contributed by atoms with van der Waals surface area (Å²) in [5, 5.41) is 2.50.